The van der Waals surface area contributed by atoms with E-state index in [-0.39, 0.29) is 11.8 Å². The number of benzene rings is 1. The van der Waals surface area contributed by atoms with Gasteiger partial charge in [-0.05, 0) is 55.3 Å². The van der Waals surface area contributed by atoms with Crippen LogP contribution in [0.2, 0.25) is 0 Å². The number of amides is 1. The van der Waals surface area contributed by atoms with E-state index < -0.39 is 0 Å². The van der Waals surface area contributed by atoms with Crippen molar-refractivity contribution in [2.75, 3.05) is 13.1 Å². The molecule has 4 nitrogen and oxygen atoms in total. The van der Waals surface area contributed by atoms with Gasteiger partial charge in [-0.3, -0.25) is 4.79 Å². The summed E-state index contributed by atoms with van der Waals surface area (Å²) in [7, 11) is 0. The molecule has 1 aliphatic heterocycles. The van der Waals surface area contributed by atoms with Crippen molar-refractivity contribution in [3.8, 4) is 0 Å². The van der Waals surface area contributed by atoms with Gasteiger partial charge in [-0.1, -0.05) is 31.6 Å². The lowest BCUT2D eigenvalue weighted by Gasteiger charge is -2.15. The number of nitrogens with zero attached hydrogens (tertiary/aromatic N) is 1. The van der Waals surface area contributed by atoms with Gasteiger partial charge < -0.3 is 10.6 Å². The smallest absolute Gasteiger partial charge is 0.253 e. The number of hydrogen-bond acceptors (Lipinski definition) is 2. The average Bonchev–Trinajstić information content (AvgIpc) is 2.53. The van der Waals surface area contributed by atoms with E-state index in [1.165, 1.54) is 0 Å². The molecule has 2 rings (SSSR count). The van der Waals surface area contributed by atoms with E-state index in [9.17, 15) is 4.79 Å². The van der Waals surface area contributed by atoms with Crippen molar-refractivity contribution in [2.24, 2.45) is 10.9 Å². The minimum absolute atomic E-state index is 0.0575. The Hall–Kier alpha value is -1.75. The fourth-order valence-corrected chi connectivity index (χ4v) is 2.78. The Labute approximate surface area is 143 Å². The zero-order chi connectivity index (χ0) is 16.8. The average molecular weight is 331 g/mol. The van der Waals surface area contributed by atoms with Crippen LogP contribution in [0.25, 0.3) is 6.08 Å². The number of rotatable bonds is 6. The molecule has 124 valence electrons. The summed E-state index contributed by atoms with van der Waals surface area (Å²) in [5.41, 5.74) is 2.25. The van der Waals surface area contributed by atoms with Crippen LogP contribution in [0.4, 0.5) is 0 Å². The van der Waals surface area contributed by atoms with Crippen molar-refractivity contribution in [3.63, 3.8) is 0 Å². The number of hydrogen-bond donors (Lipinski definition) is 2. The summed E-state index contributed by atoms with van der Waals surface area (Å²) in [5, 5.41) is 8.87. The molecule has 0 fully saturated rings. The second kappa shape index (κ2) is 8.20. The maximum atomic E-state index is 12.2. The molecule has 1 atom stereocenters. The number of thiocarbonyl (C=S) groups is 1. The van der Waals surface area contributed by atoms with Gasteiger partial charge in [0.15, 0.2) is 5.11 Å². The van der Waals surface area contributed by atoms with E-state index >= 15 is 0 Å². The lowest BCUT2D eigenvalue weighted by molar-refractivity contribution is -0.120. The summed E-state index contributed by atoms with van der Waals surface area (Å²) in [4.78, 5) is 16.5. The molecule has 0 aromatic heterocycles. The van der Waals surface area contributed by atoms with Crippen LogP contribution in [-0.2, 0) is 4.79 Å². The van der Waals surface area contributed by atoms with E-state index in [1.807, 2.05) is 26.0 Å². The molecule has 23 heavy (non-hydrogen) atoms. The van der Waals surface area contributed by atoms with Crippen LogP contribution >= 0.6 is 12.2 Å². The van der Waals surface area contributed by atoms with Gasteiger partial charge in [0.1, 0.15) is 0 Å². The minimum atomic E-state index is -0.171. The third-order valence-corrected chi connectivity index (χ3v) is 4.50. The molecule has 2 N–H and O–H groups in total. The lowest BCUT2D eigenvalue weighted by Crippen LogP contribution is -2.39. The highest BCUT2D eigenvalue weighted by molar-refractivity contribution is 7.80. The summed E-state index contributed by atoms with van der Waals surface area (Å²) in [6.07, 6.45) is 4.97. The van der Waals surface area contributed by atoms with Crippen LogP contribution in [-0.4, -0.2) is 24.1 Å². The summed E-state index contributed by atoms with van der Waals surface area (Å²) in [6.45, 7) is 7.76. The second-order valence-corrected chi connectivity index (χ2v) is 6.40. The molecule has 1 amide bonds. The predicted molar refractivity (Wildman–Crippen MR) is 97.8 cm³/mol. The molecule has 0 saturated heterocycles. The first-order valence-electron chi connectivity index (χ1n) is 8.25. The van der Waals surface area contributed by atoms with Gasteiger partial charge in [0.05, 0.1) is 11.3 Å². The van der Waals surface area contributed by atoms with Crippen LogP contribution in [0, 0.1) is 19.8 Å². The van der Waals surface area contributed by atoms with Gasteiger partial charge in [-0.2, -0.15) is 0 Å². The van der Waals surface area contributed by atoms with Gasteiger partial charge in [-0.25, -0.2) is 4.99 Å². The van der Waals surface area contributed by atoms with Gasteiger partial charge in [0.25, 0.3) is 5.91 Å². The molecule has 1 heterocycles. The Morgan fingerprint density at radius 3 is 2.74 bits per heavy atom. The normalized spacial score (nSPS) is 16.1. The molecule has 5 heteroatoms. The van der Waals surface area contributed by atoms with Crippen molar-refractivity contribution in [2.45, 2.75) is 40.0 Å². The van der Waals surface area contributed by atoms with Crippen LogP contribution in [0.3, 0.4) is 0 Å². The van der Waals surface area contributed by atoms with Gasteiger partial charge in [-0.15, -0.1) is 0 Å². The Bertz CT molecular complexity index is 712. The lowest BCUT2D eigenvalue weighted by atomic mass is 9.98. The molecule has 0 radical (unpaired) electrons. The van der Waals surface area contributed by atoms with E-state index in [0.29, 0.717) is 18.1 Å². The molecular weight excluding hydrogens is 306 g/mol. The second-order valence-electron chi connectivity index (χ2n) is 5.99. The number of carbonyl (C=O) groups excluding carboxylic acids is 1. The van der Waals surface area contributed by atoms with E-state index in [4.69, 9.17) is 12.2 Å². The first-order valence-corrected chi connectivity index (χ1v) is 8.66. The van der Waals surface area contributed by atoms with Crippen molar-refractivity contribution in [3.05, 3.63) is 33.8 Å². The van der Waals surface area contributed by atoms with Gasteiger partial charge >= 0.3 is 0 Å². The summed E-state index contributed by atoms with van der Waals surface area (Å²) < 4.78 is 0. The Kier molecular flexibility index (Phi) is 6.28. The predicted octanol–water partition coefficient (Wildman–Crippen LogP) is 1.51. The van der Waals surface area contributed by atoms with Crippen molar-refractivity contribution in [1.29, 1.82) is 0 Å². The largest absolute Gasteiger partial charge is 0.363 e. The fourth-order valence-electron chi connectivity index (χ4n) is 2.58. The number of nitrogens with one attached hydrogen (secondary N) is 2. The number of fused-ring (bicyclic) bond motifs is 1. The zero-order valence-electron chi connectivity index (χ0n) is 14.1. The molecule has 1 aliphatic rings. The van der Waals surface area contributed by atoms with Gasteiger partial charge in [0.2, 0.25) is 0 Å². The van der Waals surface area contributed by atoms with E-state index in [1.54, 1.807) is 0 Å². The Balaban J connectivity index is 1.95. The third kappa shape index (κ3) is 4.61. The highest BCUT2D eigenvalue weighted by Crippen LogP contribution is 2.10. The van der Waals surface area contributed by atoms with E-state index in [2.05, 4.69) is 28.6 Å². The molecule has 1 unspecified atom stereocenters. The Morgan fingerprint density at radius 2 is 2.00 bits per heavy atom. The topological polar surface area (TPSA) is 53.5 Å². The summed E-state index contributed by atoms with van der Waals surface area (Å²) in [5.74, 6) is -0.228. The SMILES string of the molecule is CCCCNC(=S)NCCC1C=c2ccc(C)c(C)c2=NC1=O. The number of carbonyl (C=O) groups is 1. The molecule has 0 aliphatic carbocycles. The first-order chi connectivity index (χ1) is 11.0. The number of aryl methyl sites for hydroxylation is 1. The van der Waals surface area contributed by atoms with Crippen LogP contribution < -0.4 is 21.2 Å². The highest BCUT2D eigenvalue weighted by atomic mass is 32.1. The van der Waals surface area contributed by atoms with Crippen molar-refractivity contribution >= 4 is 29.3 Å². The standard InChI is InChI=1S/C18H25N3OS/c1-4-5-9-19-18(23)20-10-8-15-11-14-7-6-12(2)13(3)16(14)21-17(15)22/h6-7,11,15H,4-5,8-10H2,1-3H3,(H2,19,20,23). The van der Waals surface area contributed by atoms with E-state index in [0.717, 1.165) is 41.1 Å². The molecule has 0 bridgehead atoms. The molecule has 0 spiro atoms. The monoisotopic (exact) mass is 331 g/mol. The molecule has 1 aromatic carbocycles. The Morgan fingerprint density at radius 1 is 1.26 bits per heavy atom. The number of unbranched alkanes of at least 4 members (excludes halogenated alkanes) is 1. The van der Waals surface area contributed by atoms with Crippen molar-refractivity contribution < 1.29 is 4.79 Å². The fraction of sp³-hybridized carbons (Fsp3) is 0.500. The summed E-state index contributed by atoms with van der Waals surface area (Å²) >= 11 is 5.22. The van der Waals surface area contributed by atoms with Crippen LogP contribution in [0.15, 0.2) is 17.1 Å². The molecule has 0 saturated carbocycles. The third-order valence-electron chi connectivity index (χ3n) is 4.21. The highest BCUT2D eigenvalue weighted by Gasteiger charge is 2.18. The van der Waals surface area contributed by atoms with Crippen LogP contribution in [0.1, 0.15) is 37.3 Å². The minimum Gasteiger partial charge on any atom is -0.363 e. The zero-order valence-corrected chi connectivity index (χ0v) is 14.9. The first kappa shape index (κ1) is 17.6. The van der Waals surface area contributed by atoms with Gasteiger partial charge in [0, 0.05) is 13.1 Å². The summed E-state index contributed by atoms with van der Waals surface area (Å²) in [6, 6.07) is 4.13. The van der Waals surface area contributed by atoms with Crippen LogP contribution in [0.5, 0.6) is 0 Å². The maximum absolute atomic E-state index is 12.2. The quantitative estimate of drug-likeness (QED) is 0.613. The maximum Gasteiger partial charge on any atom is 0.253 e. The molecule has 1 aromatic rings. The molecular formula is C18H25N3OS. The van der Waals surface area contributed by atoms with Crippen molar-refractivity contribution in [1.82, 2.24) is 10.6 Å².